The van der Waals surface area contributed by atoms with Gasteiger partial charge in [0.05, 0.1) is 6.61 Å². The molecule has 0 saturated heterocycles. The van der Waals surface area contributed by atoms with E-state index < -0.39 is 0 Å². The van der Waals surface area contributed by atoms with Crippen molar-refractivity contribution in [3.8, 4) is 22.6 Å². The molecule has 0 atom stereocenters. The molecule has 0 aromatic heterocycles. The molecule has 2 rings (SSSR count). The van der Waals surface area contributed by atoms with Crippen molar-refractivity contribution in [1.82, 2.24) is 0 Å². The highest BCUT2D eigenvalue weighted by Crippen LogP contribution is 2.27. The summed E-state index contributed by atoms with van der Waals surface area (Å²) >= 11 is 0. The predicted octanol–water partition coefficient (Wildman–Crippen LogP) is 4.31. The molecule has 0 aliphatic rings. The number of esters is 1. The van der Waals surface area contributed by atoms with Crippen LogP contribution in [0.5, 0.6) is 11.5 Å². The molecule has 3 heteroatoms. The molecule has 0 spiro atoms. The Hall–Kier alpha value is -2.29. The molecule has 3 nitrogen and oxygen atoms in total. The first-order valence-corrected chi connectivity index (χ1v) is 7.06. The Morgan fingerprint density at radius 1 is 1.00 bits per heavy atom. The van der Waals surface area contributed by atoms with Gasteiger partial charge >= 0.3 is 5.97 Å². The molecule has 21 heavy (non-hydrogen) atoms. The van der Waals surface area contributed by atoms with Crippen LogP contribution in [0.3, 0.4) is 0 Å². The van der Waals surface area contributed by atoms with Crippen LogP contribution in [0.1, 0.15) is 20.8 Å². The number of hydrogen-bond acceptors (Lipinski definition) is 3. The number of ether oxygens (including phenoxy) is 2. The lowest BCUT2D eigenvalue weighted by Crippen LogP contribution is -2.04. The van der Waals surface area contributed by atoms with E-state index in [1.165, 1.54) is 6.92 Å². The molecule has 0 amide bonds. The van der Waals surface area contributed by atoms with Crippen molar-refractivity contribution in [2.75, 3.05) is 6.61 Å². The number of rotatable bonds is 5. The van der Waals surface area contributed by atoms with Crippen LogP contribution < -0.4 is 9.47 Å². The topological polar surface area (TPSA) is 35.5 Å². The summed E-state index contributed by atoms with van der Waals surface area (Å²) in [6.45, 7) is 6.32. The minimum absolute atomic E-state index is 0.318. The van der Waals surface area contributed by atoms with Crippen molar-refractivity contribution in [3.05, 3.63) is 48.5 Å². The second-order valence-corrected chi connectivity index (χ2v) is 5.35. The van der Waals surface area contributed by atoms with Gasteiger partial charge in [-0.3, -0.25) is 4.79 Å². The zero-order valence-corrected chi connectivity index (χ0v) is 12.6. The summed E-state index contributed by atoms with van der Waals surface area (Å²) < 4.78 is 10.9. The van der Waals surface area contributed by atoms with E-state index in [2.05, 4.69) is 13.8 Å². The summed E-state index contributed by atoms with van der Waals surface area (Å²) in [5.41, 5.74) is 2.02. The van der Waals surface area contributed by atoms with E-state index in [9.17, 15) is 4.79 Å². The molecule has 0 unspecified atom stereocenters. The standard InChI is InChI=1S/C18H20O3/c1-13(2)12-20-17-8-4-6-15(10-17)16-7-5-9-18(11-16)21-14(3)19/h4-11,13H,12H2,1-3H3. The second-order valence-electron chi connectivity index (χ2n) is 5.35. The fourth-order valence-corrected chi connectivity index (χ4v) is 1.93. The molecule has 0 radical (unpaired) electrons. The minimum Gasteiger partial charge on any atom is -0.493 e. The lowest BCUT2D eigenvalue weighted by molar-refractivity contribution is -0.131. The zero-order valence-electron chi connectivity index (χ0n) is 12.6. The highest BCUT2D eigenvalue weighted by Gasteiger charge is 2.04. The molecule has 0 saturated carbocycles. The average molecular weight is 284 g/mol. The normalized spacial score (nSPS) is 10.5. The van der Waals surface area contributed by atoms with Crippen molar-refractivity contribution in [3.63, 3.8) is 0 Å². The monoisotopic (exact) mass is 284 g/mol. The van der Waals surface area contributed by atoms with Gasteiger partial charge < -0.3 is 9.47 Å². The van der Waals surface area contributed by atoms with Gasteiger partial charge in [-0.05, 0) is 41.3 Å². The summed E-state index contributed by atoms with van der Waals surface area (Å²) in [5.74, 6) is 1.56. The van der Waals surface area contributed by atoms with Crippen LogP contribution in [0.4, 0.5) is 0 Å². The van der Waals surface area contributed by atoms with E-state index in [4.69, 9.17) is 9.47 Å². The summed E-state index contributed by atoms with van der Waals surface area (Å²) in [4.78, 5) is 11.0. The smallest absolute Gasteiger partial charge is 0.308 e. The Labute approximate surface area is 125 Å². The first-order chi connectivity index (χ1) is 10.0. The molecule has 2 aromatic carbocycles. The molecule has 2 aromatic rings. The molecule has 0 N–H and O–H groups in total. The van der Waals surface area contributed by atoms with E-state index in [1.54, 1.807) is 6.07 Å². The highest BCUT2D eigenvalue weighted by molar-refractivity contribution is 5.71. The van der Waals surface area contributed by atoms with Gasteiger partial charge in [0.1, 0.15) is 11.5 Å². The van der Waals surface area contributed by atoms with Gasteiger partial charge in [0.25, 0.3) is 0 Å². The molecule has 110 valence electrons. The third kappa shape index (κ3) is 4.63. The summed E-state index contributed by atoms with van der Waals surface area (Å²) in [6.07, 6.45) is 0. The van der Waals surface area contributed by atoms with Gasteiger partial charge in [-0.15, -0.1) is 0 Å². The van der Waals surface area contributed by atoms with E-state index >= 15 is 0 Å². The largest absolute Gasteiger partial charge is 0.493 e. The Bertz CT molecular complexity index is 617. The lowest BCUT2D eigenvalue weighted by atomic mass is 10.1. The van der Waals surface area contributed by atoms with Crippen LogP contribution in [-0.4, -0.2) is 12.6 Å². The quantitative estimate of drug-likeness (QED) is 0.606. The third-order valence-electron chi connectivity index (χ3n) is 2.85. The molecular formula is C18H20O3. The summed E-state index contributed by atoms with van der Waals surface area (Å²) in [7, 11) is 0. The fourth-order valence-electron chi connectivity index (χ4n) is 1.93. The average Bonchev–Trinajstić information content (AvgIpc) is 2.45. The second kappa shape index (κ2) is 6.93. The van der Waals surface area contributed by atoms with Gasteiger partial charge in [0.2, 0.25) is 0 Å². The Morgan fingerprint density at radius 3 is 2.14 bits per heavy atom. The number of hydrogen-bond donors (Lipinski definition) is 0. The zero-order chi connectivity index (χ0) is 15.2. The number of carbonyl (C=O) groups is 1. The molecule has 0 bridgehead atoms. The van der Waals surface area contributed by atoms with Crippen molar-refractivity contribution < 1.29 is 14.3 Å². The number of carbonyl (C=O) groups excluding carboxylic acids is 1. The lowest BCUT2D eigenvalue weighted by Gasteiger charge is -2.10. The van der Waals surface area contributed by atoms with E-state index in [0.29, 0.717) is 18.3 Å². The predicted molar refractivity (Wildman–Crippen MR) is 83.5 cm³/mol. The number of benzene rings is 2. The van der Waals surface area contributed by atoms with Gasteiger partial charge in [-0.2, -0.15) is 0 Å². The van der Waals surface area contributed by atoms with Crippen molar-refractivity contribution in [1.29, 1.82) is 0 Å². The molecular weight excluding hydrogens is 264 g/mol. The minimum atomic E-state index is -0.318. The van der Waals surface area contributed by atoms with Crippen LogP contribution in [0.2, 0.25) is 0 Å². The Balaban J connectivity index is 2.21. The van der Waals surface area contributed by atoms with Crippen molar-refractivity contribution >= 4 is 5.97 Å². The maximum Gasteiger partial charge on any atom is 0.308 e. The van der Waals surface area contributed by atoms with Gasteiger partial charge in [-0.1, -0.05) is 38.1 Å². The van der Waals surface area contributed by atoms with E-state index in [-0.39, 0.29) is 5.97 Å². The maximum atomic E-state index is 11.0. The van der Waals surface area contributed by atoms with Crippen LogP contribution in [0, 0.1) is 5.92 Å². The first kappa shape index (κ1) is 15.1. The molecule has 0 fully saturated rings. The van der Waals surface area contributed by atoms with E-state index in [1.807, 2.05) is 42.5 Å². The van der Waals surface area contributed by atoms with E-state index in [0.717, 1.165) is 16.9 Å². The van der Waals surface area contributed by atoms with Crippen molar-refractivity contribution in [2.45, 2.75) is 20.8 Å². The maximum absolute atomic E-state index is 11.0. The third-order valence-corrected chi connectivity index (χ3v) is 2.85. The SMILES string of the molecule is CC(=O)Oc1cccc(-c2cccc(OCC(C)C)c2)c1. The van der Waals surface area contributed by atoms with Gasteiger partial charge in [-0.25, -0.2) is 0 Å². The Morgan fingerprint density at radius 2 is 1.57 bits per heavy atom. The molecule has 0 heterocycles. The van der Waals surface area contributed by atoms with Crippen LogP contribution in [0.25, 0.3) is 11.1 Å². The van der Waals surface area contributed by atoms with Crippen LogP contribution in [0.15, 0.2) is 48.5 Å². The summed E-state index contributed by atoms with van der Waals surface area (Å²) in [5, 5.41) is 0. The Kier molecular flexibility index (Phi) is 4.99. The highest BCUT2D eigenvalue weighted by atomic mass is 16.5. The fraction of sp³-hybridized carbons (Fsp3) is 0.278. The van der Waals surface area contributed by atoms with Gasteiger partial charge in [0, 0.05) is 6.92 Å². The van der Waals surface area contributed by atoms with Crippen molar-refractivity contribution in [2.24, 2.45) is 5.92 Å². The van der Waals surface area contributed by atoms with Crippen LogP contribution >= 0.6 is 0 Å². The first-order valence-electron chi connectivity index (χ1n) is 7.06. The molecule has 0 aliphatic carbocycles. The molecule has 0 aliphatic heterocycles. The summed E-state index contributed by atoms with van der Waals surface area (Å²) in [6, 6.07) is 15.4. The van der Waals surface area contributed by atoms with Crippen LogP contribution in [-0.2, 0) is 4.79 Å². The van der Waals surface area contributed by atoms with Gasteiger partial charge in [0.15, 0.2) is 0 Å².